The summed E-state index contributed by atoms with van der Waals surface area (Å²) in [5.41, 5.74) is 0.456. The van der Waals surface area contributed by atoms with Crippen LogP contribution in [0.25, 0.3) is 0 Å². The predicted octanol–water partition coefficient (Wildman–Crippen LogP) is 3.17. The van der Waals surface area contributed by atoms with Gasteiger partial charge in [0.25, 0.3) is 0 Å². The molecule has 0 aliphatic carbocycles. The van der Waals surface area contributed by atoms with Gasteiger partial charge in [-0.25, -0.2) is 4.39 Å². The van der Waals surface area contributed by atoms with Crippen LogP contribution in [0.2, 0.25) is 0 Å². The quantitative estimate of drug-likeness (QED) is 0.876. The maximum absolute atomic E-state index is 13.6. The van der Waals surface area contributed by atoms with Crippen LogP contribution in [0, 0.1) is 11.2 Å². The molecule has 0 bridgehead atoms. The first-order valence-electron chi connectivity index (χ1n) is 5.85. The number of hydrogen-bond acceptors (Lipinski definition) is 2. The van der Waals surface area contributed by atoms with Crippen LogP contribution in [-0.4, -0.2) is 18.3 Å². The van der Waals surface area contributed by atoms with Crippen molar-refractivity contribution in [3.63, 3.8) is 0 Å². The molecule has 0 saturated carbocycles. The molecular weight excluding hydrogens is 219 g/mol. The average molecular weight is 240 g/mol. The zero-order valence-corrected chi connectivity index (χ0v) is 11.0. The van der Waals surface area contributed by atoms with E-state index in [1.165, 1.54) is 13.2 Å². The van der Waals surface area contributed by atoms with E-state index >= 15 is 0 Å². The Hall–Kier alpha value is -1.09. The first-order valence-corrected chi connectivity index (χ1v) is 5.85. The van der Waals surface area contributed by atoms with E-state index in [2.05, 4.69) is 0 Å². The van der Waals surface area contributed by atoms with Crippen LogP contribution < -0.4 is 4.74 Å². The maximum Gasteiger partial charge on any atom is 0.130 e. The SMILES string of the molecule is COc1ccc(CCC(O)C(C)(C)C)c(F)c1. The van der Waals surface area contributed by atoms with Crippen LogP contribution >= 0.6 is 0 Å². The van der Waals surface area contributed by atoms with Crippen LogP contribution in [0.15, 0.2) is 18.2 Å². The fourth-order valence-electron chi connectivity index (χ4n) is 1.58. The lowest BCUT2D eigenvalue weighted by molar-refractivity contribution is 0.0558. The Balaban J connectivity index is 2.64. The van der Waals surface area contributed by atoms with E-state index in [9.17, 15) is 9.50 Å². The van der Waals surface area contributed by atoms with Gasteiger partial charge in [-0.1, -0.05) is 26.8 Å². The van der Waals surface area contributed by atoms with E-state index in [0.29, 0.717) is 24.2 Å². The first-order chi connectivity index (χ1) is 7.84. The zero-order chi connectivity index (χ0) is 13.1. The highest BCUT2D eigenvalue weighted by atomic mass is 19.1. The molecule has 0 saturated heterocycles. The summed E-state index contributed by atoms with van der Waals surface area (Å²) >= 11 is 0. The third kappa shape index (κ3) is 4.00. The highest BCUT2D eigenvalue weighted by molar-refractivity contribution is 5.29. The van der Waals surface area contributed by atoms with Crippen LogP contribution in [0.3, 0.4) is 0 Å². The summed E-state index contributed by atoms with van der Waals surface area (Å²) in [6.07, 6.45) is 0.671. The van der Waals surface area contributed by atoms with Crippen molar-refractivity contribution < 1.29 is 14.2 Å². The summed E-state index contributed by atoms with van der Waals surface area (Å²) < 4.78 is 18.6. The molecule has 0 aliphatic rings. The van der Waals surface area contributed by atoms with Gasteiger partial charge in [-0.2, -0.15) is 0 Å². The Morgan fingerprint density at radius 3 is 2.47 bits per heavy atom. The van der Waals surface area contributed by atoms with Crippen molar-refractivity contribution in [1.29, 1.82) is 0 Å². The Kier molecular flexibility index (Phi) is 4.52. The number of benzene rings is 1. The Morgan fingerprint density at radius 2 is 2.00 bits per heavy atom. The molecule has 1 aromatic rings. The lowest BCUT2D eigenvalue weighted by Crippen LogP contribution is -2.26. The van der Waals surface area contributed by atoms with Gasteiger partial charge in [0.05, 0.1) is 13.2 Å². The first kappa shape index (κ1) is 14.0. The molecule has 17 heavy (non-hydrogen) atoms. The number of aliphatic hydroxyl groups is 1. The lowest BCUT2D eigenvalue weighted by Gasteiger charge is -2.25. The molecule has 1 rings (SSSR count). The van der Waals surface area contributed by atoms with Gasteiger partial charge >= 0.3 is 0 Å². The average Bonchev–Trinajstić information content (AvgIpc) is 2.25. The summed E-state index contributed by atoms with van der Waals surface area (Å²) in [4.78, 5) is 0. The van der Waals surface area contributed by atoms with E-state index in [-0.39, 0.29) is 11.2 Å². The molecule has 96 valence electrons. The second-order valence-corrected chi connectivity index (χ2v) is 5.38. The highest BCUT2D eigenvalue weighted by Gasteiger charge is 2.21. The second kappa shape index (κ2) is 5.50. The van der Waals surface area contributed by atoms with Crippen molar-refractivity contribution in [2.24, 2.45) is 5.41 Å². The number of methoxy groups -OCH3 is 1. The van der Waals surface area contributed by atoms with E-state index in [0.717, 1.165) is 0 Å². The summed E-state index contributed by atoms with van der Waals surface area (Å²) in [5.74, 6) is 0.244. The van der Waals surface area contributed by atoms with E-state index in [4.69, 9.17) is 4.74 Å². The molecule has 1 atom stereocenters. The molecule has 0 fully saturated rings. The topological polar surface area (TPSA) is 29.5 Å². The van der Waals surface area contributed by atoms with E-state index < -0.39 is 6.10 Å². The molecule has 0 amide bonds. The second-order valence-electron chi connectivity index (χ2n) is 5.38. The molecule has 1 unspecified atom stereocenters. The monoisotopic (exact) mass is 240 g/mol. The van der Waals surface area contributed by atoms with Crippen molar-refractivity contribution in [1.82, 2.24) is 0 Å². The van der Waals surface area contributed by atoms with Gasteiger partial charge in [-0.05, 0) is 29.9 Å². The van der Waals surface area contributed by atoms with Gasteiger partial charge in [-0.3, -0.25) is 0 Å². The summed E-state index contributed by atoms with van der Waals surface area (Å²) in [6, 6.07) is 4.82. The number of hydrogen-bond donors (Lipinski definition) is 1. The molecule has 2 nitrogen and oxygen atoms in total. The minimum atomic E-state index is -0.427. The summed E-state index contributed by atoms with van der Waals surface area (Å²) in [5, 5.41) is 9.89. The standard InChI is InChI=1S/C14H21FO2/c1-14(2,3)13(16)8-6-10-5-7-11(17-4)9-12(10)15/h5,7,9,13,16H,6,8H2,1-4H3. The molecule has 0 aromatic heterocycles. The number of ether oxygens (including phenoxy) is 1. The van der Waals surface area contributed by atoms with E-state index in [1.807, 2.05) is 20.8 Å². The van der Waals surface area contributed by atoms with Crippen LogP contribution in [0.1, 0.15) is 32.8 Å². The normalized spacial score (nSPS) is 13.5. The Bertz CT molecular complexity index is 369. The Morgan fingerprint density at radius 1 is 1.35 bits per heavy atom. The van der Waals surface area contributed by atoms with Gasteiger partial charge in [-0.15, -0.1) is 0 Å². The molecule has 1 aromatic carbocycles. The van der Waals surface area contributed by atoms with Crippen molar-refractivity contribution >= 4 is 0 Å². The minimum absolute atomic E-state index is 0.164. The Labute approximate surface area is 102 Å². The molecule has 0 heterocycles. The van der Waals surface area contributed by atoms with E-state index in [1.54, 1.807) is 12.1 Å². The van der Waals surface area contributed by atoms with Gasteiger partial charge in [0.15, 0.2) is 0 Å². The third-order valence-electron chi connectivity index (χ3n) is 2.95. The van der Waals surface area contributed by atoms with Crippen molar-refractivity contribution in [2.45, 2.75) is 39.7 Å². The summed E-state index contributed by atoms with van der Waals surface area (Å²) in [6.45, 7) is 5.92. The molecule has 3 heteroatoms. The van der Waals surface area contributed by atoms with Crippen LogP contribution in [-0.2, 0) is 6.42 Å². The number of aliphatic hydroxyl groups excluding tert-OH is 1. The zero-order valence-electron chi connectivity index (χ0n) is 11.0. The van der Waals surface area contributed by atoms with Gasteiger partial charge in [0.1, 0.15) is 11.6 Å². The molecule has 0 radical (unpaired) electrons. The predicted molar refractivity (Wildman–Crippen MR) is 66.7 cm³/mol. The van der Waals surface area contributed by atoms with Gasteiger partial charge < -0.3 is 9.84 Å². The number of halogens is 1. The number of rotatable bonds is 4. The number of aryl methyl sites for hydroxylation is 1. The summed E-state index contributed by atoms with van der Waals surface area (Å²) in [7, 11) is 1.51. The fourth-order valence-corrected chi connectivity index (χ4v) is 1.58. The third-order valence-corrected chi connectivity index (χ3v) is 2.95. The smallest absolute Gasteiger partial charge is 0.130 e. The maximum atomic E-state index is 13.6. The van der Waals surface area contributed by atoms with Crippen molar-refractivity contribution in [2.75, 3.05) is 7.11 Å². The lowest BCUT2D eigenvalue weighted by atomic mass is 9.86. The van der Waals surface area contributed by atoms with Crippen molar-refractivity contribution in [3.8, 4) is 5.75 Å². The molecule has 0 spiro atoms. The van der Waals surface area contributed by atoms with Crippen molar-refractivity contribution in [3.05, 3.63) is 29.6 Å². The fraction of sp³-hybridized carbons (Fsp3) is 0.571. The minimum Gasteiger partial charge on any atom is -0.497 e. The molecule has 1 N–H and O–H groups in total. The van der Waals surface area contributed by atoms with Crippen LogP contribution in [0.5, 0.6) is 5.75 Å². The highest BCUT2D eigenvalue weighted by Crippen LogP contribution is 2.24. The molecular formula is C14H21FO2. The van der Waals surface area contributed by atoms with Gasteiger partial charge in [0.2, 0.25) is 0 Å². The van der Waals surface area contributed by atoms with Crippen LogP contribution in [0.4, 0.5) is 4.39 Å². The largest absolute Gasteiger partial charge is 0.497 e. The molecule has 0 aliphatic heterocycles. The van der Waals surface area contributed by atoms with Gasteiger partial charge in [0, 0.05) is 6.07 Å².